The third kappa shape index (κ3) is 3.35. The molecule has 0 saturated heterocycles. The van der Waals surface area contributed by atoms with Crippen LogP contribution in [0.5, 0.6) is 0 Å². The van der Waals surface area contributed by atoms with E-state index in [9.17, 15) is 9.18 Å². The molecule has 2 aromatic carbocycles. The van der Waals surface area contributed by atoms with Gasteiger partial charge in [0.05, 0.1) is 11.4 Å². The van der Waals surface area contributed by atoms with Gasteiger partial charge in [0, 0.05) is 18.2 Å². The number of rotatable bonds is 3. The number of anilines is 1. The Balaban J connectivity index is 2.05. The number of carbonyl (C=O) groups excluding carboxylic acids is 1. The molecule has 1 N–H and O–H groups in total. The summed E-state index contributed by atoms with van der Waals surface area (Å²) in [6, 6.07) is 15.3. The second-order valence-electron chi connectivity index (χ2n) is 5.83. The second-order valence-corrected chi connectivity index (χ2v) is 5.83. The normalized spacial score (nSPS) is 10.2. The van der Waals surface area contributed by atoms with E-state index in [1.54, 1.807) is 19.9 Å². The first-order valence-corrected chi connectivity index (χ1v) is 8.14. The van der Waals surface area contributed by atoms with E-state index in [4.69, 9.17) is 0 Å². The molecule has 0 bridgehead atoms. The summed E-state index contributed by atoms with van der Waals surface area (Å²) in [7, 11) is 1.46. The largest absolute Gasteiger partial charge is 0.321 e. The zero-order chi connectivity index (χ0) is 18.7. The first kappa shape index (κ1) is 17.4. The molecule has 0 atom stereocenters. The zero-order valence-corrected chi connectivity index (χ0v) is 14.8. The third-order valence-corrected chi connectivity index (χ3v) is 4.00. The van der Waals surface area contributed by atoms with Crippen molar-refractivity contribution in [2.75, 3.05) is 5.32 Å². The maximum atomic E-state index is 14.2. The minimum atomic E-state index is -0.661. The maximum Gasteiger partial charge on any atom is 0.262 e. The van der Waals surface area contributed by atoms with Gasteiger partial charge in [0.1, 0.15) is 5.56 Å². The van der Waals surface area contributed by atoms with Gasteiger partial charge in [0.15, 0.2) is 0 Å². The van der Waals surface area contributed by atoms with Gasteiger partial charge >= 0.3 is 0 Å². The third-order valence-electron chi connectivity index (χ3n) is 4.00. The number of benzene rings is 2. The molecular formula is C21H18FN3O. The lowest BCUT2D eigenvalue weighted by Gasteiger charge is -2.12. The number of amides is 1. The Hall–Kier alpha value is -3.39. The highest BCUT2D eigenvalue weighted by Crippen LogP contribution is 2.29. The summed E-state index contributed by atoms with van der Waals surface area (Å²) in [5.41, 5.74) is 3.41. The van der Waals surface area contributed by atoms with E-state index in [-0.39, 0.29) is 5.56 Å². The Morgan fingerprint density at radius 3 is 2.54 bits per heavy atom. The molecule has 3 aromatic rings. The quantitative estimate of drug-likeness (QED) is 0.723. The van der Waals surface area contributed by atoms with Crippen LogP contribution in [-0.4, -0.2) is 15.7 Å². The van der Waals surface area contributed by atoms with Gasteiger partial charge < -0.3 is 5.32 Å². The average Bonchev–Trinajstić information content (AvgIpc) is 2.88. The minimum absolute atomic E-state index is 0.0570. The van der Waals surface area contributed by atoms with Crippen molar-refractivity contribution >= 4 is 11.6 Å². The van der Waals surface area contributed by atoms with Gasteiger partial charge in [-0.05, 0) is 31.5 Å². The van der Waals surface area contributed by atoms with Gasteiger partial charge in [-0.2, -0.15) is 9.49 Å². The number of aryl methyl sites for hydroxylation is 2. The van der Waals surface area contributed by atoms with Crippen LogP contribution in [0.2, 0.25) is 0 Å². The Morgan fingerprint density at radius 2 is 1.92 bits per heavy atom. The molecule has 5 heteroatoms. The summed E-state index contributed by atoms with van der Waals surface area (Å²) in [4.78, 5) is 12.7. The van der Waals surface area contributed by atoms with Crippen LogP contribution in [0.15, 0.2) is 48.5 Å². The monoisotopic (exact) mass is 347 g/mol. The molecule has 0 aliphatic rings. The van der Waals surface area contributed by atoms with E-state index in [1.165, 1.54) is 7.05 Å². The topological polar surface area (TPSA) is 46.9 Å². The lowest BCUT2D eigenvalue weighted by atomic mass is 10.0. The number of nitrogens with one attached hydrogen (secondary N) is 1. The molecule has 0 saturated carbocycles. The van der Waals surface area contributed by atoms with E-state index in [2.05, 4.69) is 22.3 Å². The van der Waals surface area contributed by atoms with Crippen LogP contribution in [0.4, 0.5) is 10.1 Å². The SMILES string of the molecule is CC#Cc1ccc(-c2ccccc2)c(NC(=O)c2c(C)nn(C)c2F)c1. The molecule has 0 radical (unpaired) electrons. The fourth-order valence-corrected chi connectivity index (χ4v) is 2.81. The van der Waals surface area contributed by atoms with Gasteiger partial charge in [-0.15, -0.1) is 5.92 Å². The highest BCUT2D eigenvalue weighted by Gasteiger charge is 2.21. The van der Waals surface area contributed by atoms with Crippen LogP contribution < -0.4 is 5.32 Å². The van der Waals surface area contributed by atoms with Crippen LogP contribution in [0.1, 0.15) is 28.5 Å². The van der Waals surface area contributed by atoms with Crippen molar-refractivity contribution < 1.29 is 9.18 Å². The van der Waals surface area contributed by atoms with Gasteiger partial charge in [0.2, 0.25) is 5.95 Å². The number of hydrogen-bond acceptors (Lipinski definition) is 2. The van der Waals surface area contributed by atoms with Crippen molar-refractivity contribution in [1.29, 1.82) is 0 Å². The molecule has 4 nitrogen and oxygen atoms in total. The zero-order valence-electron chi connectivity index (χ0n) is 14.8. The van der Waals surface area contributed by atoms with E-state index in [0.717, 1.165) is 21.4 Å². The summed E-state index contributed by atoms with van der Waals surface area (Å²) >= 11 is 0. The molecule has 0 aliphatic heterocycles. The summed E-state index contributed by atoms with van der Waals surface area (Å²) in [6.07, 6.45) is 0. The molecule has 0 spiro atoms. The minimum Gasteiger partial charge on any atom is -0.321 e. The van der Waals surface area contributed by atoms with Crippen LogP contribution >= 0.6 is 0 Å². The van der Waals surface area contributed by atoms with E-state index in [1.807, 2.05) is 42.5 Å². The lowest BCUT2D eigenvalue weighted by molar-refractivity contribution is 0.102. The molecule has 26 heavy (non-hydrogen) atoms. The van der Waals surface area contributed by atoms with Gasteiger partial charge in [-0.1, -0.05) is 42.3 Å². The Bertz CT molecular complexity index is 1030. The average molecular weight is 347 g/mol. The molecule has 0 unspecified atom stereocenters. The highest BCUT2D eigenvalue weighted by atomic mass is 19.1. The number of carbonyl (C=O) groups is 1. The van der Waals surface area contributed by atoms with Crippen LogP contribution in [0.3, 0.4) is 0 Å². The van der Waals surface area contributed by atoms with Crippen molar-refractivity contribution in [3.8, 4) is 23.0 Å². The summed E-state index contributed by atoms with van der Waals surface area (Å²) in [6.45, 7) is 3.35. The summed E-state index contributed by atoms with van der Waals surface area (Å²) in [5.74, 6) is 4.62. The predicted octanol–water partition coefficient (Wildman–Crippen LogP) is 4.16. The molecule has 0 aliphatic carbocycles. The molecule has 1 heterocycles. The van der Waals surface area contributed by atoms with Crippen molar-refractivity contribution in [1.82, 2.24) is 9.78 Å². The fourth-order valence-electron chi connectivity index (χ4n) is 2.81. The molecule has 1 amide bonds. The van der Waals surface area contributed by atoms with Gasteiger partial charge in [0.25, 0.3) is 5.91 Å². The van der Waals surface area contributed by atoms with E-state index in [0.29, 0.717) is 11.4 Å². The highest BCUT2D eigenvalue weighted by molar-refractivity contribution is 6.07. The van der Waals surface area contributed by atoms with Crippen molar-refractivity contribution in [2.24, 2.45) is 7.05 Å². The van der Waals surface area contributed by atoms with Gasteiger partial charge in [-0.25, -0.2) is 4.68 Å². The Morgan fingerprint density at radius 1 is 1.19 bits per heavy atom. The number of halogens is 1. The predicted molar refractivity (Wildman–Crippen MR) is 100 cm³/mol. The van der Waals surface area contributed by atoms with Crippen LogP contribution in [0, 0.1) is 24.7 Å². The number of nitrogens with zero attached hydrogens (tertiary/aromatic N) is 2. The fraction of sp³-hybridized carbons (Fsp3) is 0.143. The molecule has 1 aromatic heterocycles. The van der Waals surface area contributed by atoms with Crippen LogP contribution in [0.25, 0.3) is 11.1 Å². The molecular weight excluding hydrogens is 329 g/mol. The van der Waals surface area contributed by atoms with E-state index >= 15 is 0 Å². The van der Waals surface area contributed by atoms with Crippen molar-refractivity contribution in [3.63, 3.8) is 0 Å². The number of aromatic nitrogens is 2. The summed E-state index contributed by atoms with van der Waals surface area (Å²) in [5, 5.41) is 6.78. The summed E-state index contributed by atoms with van der Waals surface area (Å²) < 4.78 is 15.3. The smallest absolute Gasteiger partial charge is 0.262 e. The van der Waals surface area contributed by atoms with Crippen LogP contribution in [-0.2, 0) is 7.05 Å². The maximum absolute atomic E-state index is 14.2. The second kappa shape index (κ2) is 7.24. The number of hydrogen-bond donors (Lipinski definition) is 1. The Kier molecular flexibility index (Phi) is 4.85. The van der Waals surface area contributed by atoms with Crippen molar-refractivity contribution in [2.45, 2.75) is 13.8 Å². The molecule has 3 rings (SSSR count). The van der Waals surface area contributed by atoms with Crippen molar-refractivity contribution in [3.05, 3.63) is 71.3 Å². The molecule has 130 valence electrons. The van der Waals surface area contributed by atoms with Gasteiger partial charge in [-0.3, -0.25) is 4.79 Å². The standard InChI is InChI=1S/C21H18FN3O/c1-4-8-15-11-12-17(16-9-6-5-7-10-16)18(13-15)23-21(26)19-14(2)24-25(3)20(19)22/h5-7,9-13H,1-3H3,(H,23,26). The first-order chi connectivity index (χ1) is 12.5. The molecule has 0 fully saturated rings. The first-order valence-electron chi connectivity index (χ1n) is 8.14. The van der Waals surface area contributed by atoms with E-state index < -0.39 is 11.9 Å². The lowest BCUT2D eigenvalue weighted by Crippen LogP contribution is -2.15. The Labute approximate surface area is 151 Å².